The topological polar surface area (TPSA) is 71.8 Å². The van der Waals surface area contributed by atoms with Gasteiger partial charge >= 0.3 is 0 Å². The number of carbonyl (C=O) groups excluding carboxylic acids is 1. The van der Waals surface area contributed by atoms with Crippen LogP contribution in [-0.4, -0.2) is 16.6 Å². The maximum absolute atomic E-state index is 12.0. The Kier molecular flexibility index (Phi) is 4.76. The van der Waals surface area contributed by atoms with Crippen LogP contribution in [0.3, 0.4) is 0 Å². The molecule has 1 amide bonds. The molecule has 0 spiro atoms. The number of thioether (sulfide) groups is 1. The lowest BCUT2D eigenvalue weighted by atomic mass is 10.1. The van der Waals surface area contributed by atoms with Crippen LogP contribution in [0.5, 0.6) is 0 Å². The lowest BCUT2D eigenvalue weighted by molar-refractivity contribution is -0.645. The van der Waals surface area contributed by atoms with Crippen LogP contribution in [0.25, 0.3) is 10.9 Å². The van der Waals surface area contributed by atoms with Gasteiger partial charge in [0, 0.05) is 35.3 Å². The molecule has 2 aromatic heterocycles. The largest absolute Gasteiger partial charge is 0.618 e. The van der Waals surface area contributed by atoms with E-state index >= 15 is 0 Å². The quantitative estimate of drug-likeness (QED) is 0.426. The van der Waals surface area contributed by atoms with E-state index in [1.165, 1.54) is 28.9 Å². The molecule has 0 aliphatic carbocycles. The minimum atomic E-state index is -0.0917. The third kappa shape index (κ3) is 3.54. The van der Waals surface area contributed by atoms with Gasteiger partial charge in [-0.3, -0.25) is 4.79 Å². The van der Waals surface area contributed by atoms with Gasteiger partial charge in [0.25, 0.3) is 5.03 Å². The zero-order valence-corrected chi connectivity index (χ0v) is 14.4. The van der Waals surface area contributed by atoms with Crippen molar-refractivity contribution in [2.75, 3.05) is 5.75 Å². The first kappa shape index (κ1) is 16.4. The van der Waals surface area contributed by atoms with Crippen LogP contribution in [0.2, 0.25) is 0 Å². The zero-order chi connectivity index (χ0) is 17.1. The summed E-state index contributed by atoms with van der Waals surface area (Å²) in [6.45, 7) is 4.62. The Labute approximate surface area is 144 Å². The summed E-state index contributed by atoms with van der Waals surface area (Å²) < 4.78 is 0.767. The Hall–Kier alpha value is -2.47. The van der Waals surface area contributed by atoms with Gasteiger partial charge in [-0.2, -0.15) is 4.73 Å². The molecule has 6 heteroatoms. The van der Waals surface area contributed by atoms with Crippen molar-refractivity contribution in [2.24, 2.45) is 0 Å². The fourth-order valence-corrected chi connectivity index (χ4v) is 3.28. The Balaban J connectivity index is 1.58. The molecule has 2 N–H and O–H groups in total. The van der Waals surface area contributed by atoms with Crippen LogP contribution >= 0.6 is 11.8 Å². The monoisotopic (exact) mass is 341 g/mol. The number of nitrogens with zero attached hydrogens (tertiary/aromatic N) is 1. The lowest BCUT2D eigenvalue weighted by Crippen LogP contribution is -2.29. The van der Waals surface area contributed by atoms with Gasteiger partial charge in [-0.25, -0.2) is 0 Å². The number of rotatable bonds is 5. The summed E-state index contributed by atoms with van der Waals surface area (Å²) in [5.41, 5.74) is 4.57. The molecule has 0 unspecified atom stereocenters. The first-order chi connectivity index (χ1) is 11.5. The van der Waals surface area contributed by atoms with Crippen molar-refractivity contribution >= 4 is 28.6 Å². The standard InChI is InChI=1S/C18H19N3O2S/c1-12-13(2)20-16-7-6-14(9-15(12)16)10-19-17(22)11-24-18-5-3-4-8-21(18)23/h3-9,20H,10-11H2,1-2H3,(H,19,22). The van der Waals surface area contributed by atoms with Crippen molar-refractivity contribution in [3.8, 4) is 0 Å². The predicted octanol–water partition coefficient (Wildman–Crippen LogP) is 2.83. The highest BCUT2D eigenvalue weighted by Gasteiger charge is 2.09. The van der Waals surface area contributed by atoms with Crippen LogP contribution in [0.1, 0.15) is 16.8 Å². The average Bonchev–Trinajstić information content (AvgIpc) is 2.86. The summed E-state index contributed by atoms with van der Waals surface area (Å²) in [7, 11) is 0. The molecule has 2 heterocycles. The number of hydrogen-bond acceptors (Lipinski definition) is 3. The third-order valence-electron chi connectivity index (χ3n) is 4.00. The molecule has 5 nitrogen and oxygen atoms in total. The van der Waals surface area contributed by atoms with Crippen molar-refractivity contribution in [3.63, 3.8) is 0 Å². The number of amides is 1. The Morgan fingerprint density at radius 1 is 1.29 bits per heavy atom. The van der Waals surface area contributed by atoms with E-state index in [1.54, 1.807) is 18.2 Å². The summed E-state index contributed by atoms with van der Waals surface area (Å²) in [5, 5.41) is 16.1. The molecule has 0 bridgehead atoms. The Morgan fingerprint density at radius 2 is 2.12 bits per heavy atom. The van der Waals surface area contributed by atoms with Crippen LogP contribution < -0.4 is 10.0 Å². The molecular weight excluding hydrogens is 322 g/mol. The van der Waals surface area contributed by atoms with Gasteiger partial charge in [0.05, 0.1) is 5.75 Å². The number of H-pyrrole nitrogens is 1. The highest BCUT2D eigenvalue weighted by Crippen LogP contribution is 2.22. The van der Waals surface area contributed by atoms with E-state index in [1.807, 2.05) is 12.1 Å². The minimum absolute atomic E-state index is 0.0917. The van der Waals surface area contributed by atoms with E-state index in [-0.39, 0.29) is 11.7 Å². The molecule has 1 aromatic carbocycles. The normalized spacial score (nSPS) is 10.9. The van der Waals surface area contributed by atoms with E-state index in [4.69, 9.17) is 0 Å². The average molecular weight is 341 g/mol. The molecule has 0 fully saturated rings. The Bertz CT molecular complexity index is 889. The van der Waals surface area contributed by atoms with Gasteiger partial charge in [-0.15, -0.1) is 0 Å². The van der Waals surface area contributed by atoms with Crippen LogP contribution in [0.4, 0.5) is 0 Å². The smallest absolute Gasteiger partial charge is 0.251 e. The van der Waals surface area contributed by atoms with Crippen LogP contribution in [0.15, 0.2) is 47.6 Å². The van der Waals surface area contributed by atoms with E-state index in [0.717, 1.165) is 21.5 Å². The summed E-state index contributed by atoms with van der Waals surface area (Å²) >= 11 is 1.23. The van der Waals surface area contributed by atoms with Gasteiger partial charge in [-0.05, 0) is 54.9 Å². The molecule has 0 atom stereocenters. The SMILES string of the molecule is Cc1[nH]c2ccc(CNC(=O)CSc3cccc[n+]3[O-])cc2c1C. The second kappa shape index (κ2) is 6.97. The number of pyridine rings is 1. The third-order valence-corrected chi connectivity index (χ3v) is 5.02. The van der Waals surface area contributed by atoms with Gasteiger partial charge in [0.1, 0.15) is 0 Å². The molecule has 3 rings (SSSR count). The van der Waals surface area contributed by atoms with Gasteiger partial charge in [0.15, 0.2) is 6.20 Å². The van der Waals surface area contributed by atoms with Gasteiger partial charge in [-0.1, -0.05) is 6.07 Å². The molecule has 0 aliphatic heterocycles. The maximum atomic E-state index is 12.0. The summed E-state index contributed by atoms with van der Waals surface area (Å²) in [4.78, 5) is 15.3. The van der Waals surface area contributed by atoms with E-state index in [0.29, 0.717) is 11.6 Å². The zero-order valence-electron chi connectivity index (χ0n) is 13.6. The molecule has 24 heavy (non-hydrogen) atoms. The van der Waals surface area contributed by atoms with Gasteiger partial charge < -0.3 is 15.5 Å². The molecule has 0 saturated carbocycles. The maximum Gasteiger partial charge on any atom is 0.251 e. The fourth-order valence-electron chi connectivity index (χ4n) is 2.53. The minimum Gasteiger partial charge on any atom is -0.618 e. The Morgan fingerprint density at radius 3 is 2.92 bits per heavy atom. The number of hydrogen-bond donors (Lipinski definition) is 2. The van der Waals surface area contributed by atoms with Crippen molar-refractivity contribution in [1.29, 1.82) is 0 Å². The first-order valence-corrected chi connectivity index (χ1v) is 8.68. The second-order valence-electron chi connectivity index (χ2n) is 5.69. The predicted molar refractivity (Wildman–Crippen MR) is 95.7 cm³/mol. The van der Waals surface area contributed by atoms with Crippen molar-refractivity contribution < 1.29 is 9.52 Å². The number of benzene rings is 1. The molecule has 124 valence electrons. The second-order valence-corrected chi connectivity index (χ2v) is 6.68. The van der Waals surface area contributed by atoms with Crippen molar-refractivity contribution in [1.82, 2.24) is 10.3 Å². The lowest BCUT2D eigenvalue weighted by Gasteiger charge is -2.06. The molecule has 0 radical (unpaired) electrons. The van der Waals surface area contributed by atoms with E-state index in [2.05, 4.69) is 30.2 Å². The highest BCUT2D eigenvalue weighted by atomic mass is 32.2. The summed E-state index contributed by atoms with van der Waals surface area (Å²) in [5.74, 6) is 0.127. The van der Waals surface area contributed by atoms with Crippen molar-refractivity contribution in [2.45, 2.75) is 25.4 Å². The summed E-state index contributed by atoms with van der Waals surface area (Å²) in [6, 6.07) is 11.3. The molecular formula is C18H19N3O2S. The number of aryl methyl sites for hydroxylation is 2. The number of fused-ring (bicyclic) bond motifs is 1. The number of aromatic amines is 1. The molecule has 0 aliphatic rings. The fraction of sp³-hybridized carbons (Fsp3) is 0.222. The van der Waals surface area contributed by atoms with Gasteiger partial charge in [0.2, 0.25) is 5.91 Å². The number of aromatic nitrogens is 2. The van der Waals surface area contributed by atoms with E-state index in [9.17, 15) is 10.0 Å². The van der Waals surface area contributed by atoms with Crippen LogP contribution in [-0.2, 0) is 11.3 Å². The summed E-state index contributed by atoms with van der Waals surface area (Å²) in [6.07, 6.45) is 1.43. The molecule has 0 saturated heterocycles. The number of nitrogens with one attached hydrogen (secondary N) is 2. The highest BCUT2D eigenvalue weighted by molar-refractivity contribution is 7.99. The molecule has 3 aromatic rings. The first-order valence-electron chi connectivity index (χ1n) is 7.70. The van der Waals surface area contributed by atoms with Crippen LogP contribution in [0, 0.1) is 19.1 Å². The van der Waals surface area contributed by atoms with Crippen molar-refractivity contribution in [3.05, 3.63) is 64.6 Å². The van der Waals surface area contributed by atoms with E-state index < -0.39 is 0 Å². The number of carbonyl (C=O) groups is 1.